The van der Waals surface area contributed by atoms with Crippen LogP contribution in [0.3, 0.4) is 0 Å². The van der Waals surface area contributed by atoms with Crippen LogP contribution in [0.2, 0.25) is 0 Å². The van der Waals surface area contributed by atoms with Crippen molar-refractivity contribution >= 4 is 0 Å². The van der Waals surface area contributed by atoms with Crippen molar-refractivity contribution in [2.75, 3.05) is 19.7 Å². The van der Waals surface area contributed by atoms with E-state index in [1.165, 1.54) is 0 Å². The number of aryl methyl sites for hydroxylation is 1. The van der Waals surface area contributed by atoms with Gasteiger partial charge in [0.25, 0.3) is 0 Å². The normalized spacial score (nSPS) is 10.5. The Kier molecular flexibility index (Phi) is 5.89. The summed E-state index contributed by atoms with van der Waals surface area (Å²) in [7, 11) is 0. The fraction of sp³-hybridized carbons (Fsp3) is 0.429. The second-order valence-corrected chi connectivity index (χ2v) is 4.28. The molecule has 2 aromatic rings. The molecule has 0 aliphatic rings. The molecule has 0 atom stereocenters. The standard InChI is InChI=1S/C14H20N4O/c1-2-6-14(7-3-1)19-13-5-9-15-8-4-11-18-12-10-16-17-18/h1-3,6-7,10,12,15H,4-5,8-9,11,13H2. The number of hydrogen-bond donors (Lipinski definition) is 1. The third kappa shape index (κ3) is 5.52. The maximum Gasteiger partial charge on any atom is 0.119 e. The number of nitrogens with zero attached hydrogens (tertiary/aromatic N) is 3. The van der Waals surface area contributed by atoms with E-state index in [0.717, 1.165) is 44.8 Å². The lowest BCUT2D eigenvalue weighted by Crippen LogP contribution is -2.20. The number of ether oxygens (including phenoxy) is 1. The first-order valence-electron chi connectivity index (χ1n) is 6.68. The summed E-state index contributed by atoms with van der Waals surface area (Å²) in [6, 6.07) is 9.91. The smallest absolute Gasteiger partial charge is 0.119 e. The molecule has 5 heteroatoms. The monoisotopic (exact) mass is 260 g/mol. The molecule has 19 heavy (non-hydrogen) atoms. The van der Waals surface area contributed by atoms with Crippen LogP contribution in [0, 0.1) is 0 Å². The van der Waals surface area contributed by atoms with E-state index in [-0.39, 0.29) is 0 Å². The summed E-state index contributed by atoms with van der Waals surface area (Å²) < 4.78 is 7.46. The second kappa shape index (κ2) is 8.26. The number of rotatable bonds is 9. The SMILES string of the molecule is c1ccc(OCCCNCCCn2ccnn2)cc1. The van der Waals surface area contributed by atoms with Gasteiger partial charge in [0.15, 0.2) is 0 Å². The summed E-state index contributed by atoms with van der Waals surface area (Å²) in [5, 5.41) is 11.1. The molecule has 0 bridgehead atoms. The minimum atomic E-state index is 0.750. The van der Waals surface area contributed by atoms with Crippen molar-refractivity contribution in [3.05, 3.63) is 42.7 Å². The Morgan fingerprint density at radius 2 is 1.95 bits per heavy atom. The van der Waals surface area contributed by atoms with Crippen LogP contribution in [0.25, 0.3) is 0 Å². The molecule has 0 saturated carbocycles. The quantitative estimate of drug-likeness (QED) is 0.698. The molecule has 0 saturated heterocycles. The van der Waals surface area contributed by atoms with E-state index in [1.54, 1.807) is 6.20 Å². The van der Waals surface area contributed by atoms with Crippen LogP contribution >= 0.6 is 0 Å². The Hall–Kier alpha value is -1.88. The van der Waals surface area contributed by atoms with E-state index in [0.29, 0.717) is 0 Å². The molecule has 1 N–H and O–H groups in total. The average molecular weight is 260 g/mol. The minimum Gasteiger partial charge on any atom is -0.494 e. The number of para-hydroxylation sites is 1. The van der Waals surface area contributed by atoms with Crippen molar-refractivity contribution in [3.63, 3.8) is 0 Å². The van der Waals surface area contributed by atoms with Crippen LogP contribution < -0.4 is 10.1 Å². The van der Waals surface area contributed by atoms with Crippen LogP contribution in [0.5, 0.6) is 5.75 Å². The molecule has 0 spiro atoms. The summed E-state index contributed by atoms with van der Waals surface area (Å²) in [4.78, 5) is 0. The summed E-state index contributed by atoms with van der Waals surface area (Å²) in [5.41, 5.74) is 0. The second-order valence-electron chi connectivity index (χ2n) is 4.28. The average Bonchev–Trinajstić information content (AvgIpc) is 2.96. The summed E-state index contributed by atoms with van der Waals surface area (Å²) in [6.45, 7) is 3.63. The molecular weight excluding hydrogens is 240 g/mol. The highest BCUT2D eigenvalue weighted by atomic mass is 16.5. The van der Waals surface area contributed by atoms with Gasteiger partial charge in [0.05, 0.1) is 12.8 Å². The number of aromatic nitrogens is 3. The molecule has 1 heterocycles. The van der Waals surface area contributed by atoms with Crippen LogP contribution in [-0.4, -0.2) is 34.7 Å². The highest BCUT2D eigenvalue weighted by Crippen LogP contribution is 2.07. The third-order valence-corrected chi connectivity index (χ3v) is 2.72. The lowest BCUT2D eigenvalue weighted by molar-refractivity contribution is 0.308. The molecule has 102 valence electrons. The van der Waals surface area contributed by atoms with Crippen LogP contribution in [0.1, 0.15) is 12.8 Å². The van der Waals surface area contributed by atoms with Crippen LogP contribution in [-0.2, 0) is 6.54 Å². The first kappa shape index (κ1) is 13.5. The van der Waals surface area contributed by atoms with Gasteiger partial charge in [0.2, 0.25) is 0 Å². The molecule has 0 amide bonds. The Morgan fingerprint density at radius 1 is 1.11 bits per heavy atom. The van der Waals surface area contributed by atoms with Crippen molar-refractivity contribution in [2.24, 2.45) is 0 Å². The number of benzene rings is 1. The van der Waals surface area contributed by atoms with E-state index in [9.17, 15) is 0 Å². The van der Waals surface area contributed by atoms with E-state index in [2.05, 4.69) is 15.6 Å². The lowest BCUT2D eigenvalue weighted by atomic mass is 10.3. The zero-order chi connectivity index (χ0) is 13.2. The molecule has 0 radical (unpaired) electrons. The first-order chi connectivity index (χ1) is 9.45. The molecular formula is C14H20N4O. The highest BCUT2D eigenvalue weighted by Gasteiger charge is 1.93. The molecule has 0 aliphatic heterocycles. The van der Waals surface area contributed by atoms with Crippen molar-refractivity contribution < 1.29 is 4.74 Å². The minimum absolute atomic E-state index is 0.750. The first-order valence-corrected chi connectivity index (χ1v) is 6.68. The fourth-order valence-electron chi connectivity index (χ4n) is 1.75. The van der Waals surface area contributed by atoms with Gasteiger partial charge in [-0.15, -0.1) is 5.10 Å². The Balaban J connectivity index is 1.42. The Labute approximate surface area is 113 Å². The molecule has 0 fully saturated rings. The van der Waals surface area contributed by atoms with Crippen molar-refractivity contribution in [3.8, 4) is 5.75 Å². The van der Waals surface area contributed by atoms with E-state index in [1.807, 2.05) is 41.2 Å². The van der Waals surface area contributed by atoms with Gasteiger partial charge in [0, 0.05) is 12.7 Å². The predicted octanol–water partition coefficient (Wildman–Crippen LogP) is 1.73. The molecule has 2 rings (SSSR count). The largest absolute Gasteiger partial charge is 0.494 e. The lowest BCUT2D eigenvalue weighted by Gasteiger charge is -2.07. The van der Waals surface area contributed by atoms with Crippen molar-refractivity contribution in [2.45, 2.75) is 19.4 Å². The van der Waals surface area contributed by atoms with E-state index < -0.39 is 0 Å². The third-order valence-electron chi connectivity index (χ3n) is 2.72. The summed E-state index contributed by atoms with van der Waals surface area (Å²) >= 11 is 0. The maximum atomic E-state index is 5.61. The van der Waals surface area contributed by atoms with Gasteiger partial charge in [-0.2, -0.15) is 0 Å². The Morgan fingerprint density at radius 3 is 2.74 bits per heavy atom. The molecule has 1 aromatic carbocycles. The zero-order valence-electron chi connectivity index (χ0n) is 11.0. The maximum absolute atomic E-state index is 5.61. The molecule has 0 unspecified atom stereocenters. The van der Waals surface area contributed by atoms with Gasteiger partial charge in [-0.05, 0) is 38.1 Å². The molecule has 0 aliphatic carbocycles. The van der Waals surface area contributed by atoms with Crippen LogP contribution in [0.4, 0.5) is 0 Å². The van der Waals surface area contributed by atoms with Gasteiger partial charge in [0.1, 0.15) is 5.75 Å². The van der Waals surface area contributed by atoms with Crippen molar-refractivity contribution in [1.29, 1.82) is 0 Å². The fourth-order valence-corrected chi connectivity index (χ4v) is 1.75. The van der Waals surface area contributed by atoms with Crippen molar-refractivity contribution in [1.82, 2.24) is 20.3 Å². The van der Waals surface area contributed by atoms with Gasteiger partial charge in [-0.3, -0.25) is 4.68 Å². The zero-order valence-corrected chi connectivity index (χ0v) is 11.0. The topological polar surface area (TPSA) is 52.0 Å². The molecule has 5 nitrogen and oxygen atoms in total. The van der Waals surface area contributed by atoms with Gasteiger partial charge < -0.3 is 10.1 Å². The molecule has 1 aromatic heterocycles. The summed E-state index contributed by atoms with van der Waals surface area (Å²) in [6.07, 6.45) is 5.66. The van der Waals surface area contributed by atoms with Gasteiger partial charge in [-0.1, -0.05) is 23.4 Å². The van der Waals surface area contributed by atoms with Crippen LogP contribution in [0.15, 0.2) is 42.7 Å². The highest BCUT2D eigenvalue weighted by molar-refractivity contribution is 5.20. The predicted molar refractivity (Wildman–Crippen MR) is 74.1 cm³/mol. The van der Waals surface area contributed by atoms with Gasteiger partial charge in [-0.25, -0.2) is 0 Å². The van der Waals surface area contributed by atoms with Gasteiger partial charge >= 0.3 is 0 Å². The number of hydrogen-bond acceptors (Lipinski definition) is 4. The summed E-state index contributed by atoms with van der Waals surface area (Å²) in [5.74, 6) is 0.939. The number of nitrogens with one attached hydrogen (secondary N) is 1. The van der Waals surface area contributed by atoms with E-state index in [4.69, 9.17) is 4.74 Å². The van der Waals surface area contributed by atoms with E-state index >= 15 is 0 Å². The Bertz CT molecular complexity index is 430.